The van der Waals surface area contributed by atoms with Gasteiger partial charge in [0.2, 0.25) is 0 Å². The zero-order valence-electron chi connectivity index (χ0n) is 6.78. The summed E-state index contributed by atoms with van der Waals surface area (Å²) in [6.45, 7) is 3.71. The van der Waals surface area contributed by atoms with E-state index < -0.39 is 6.04 Å². The van der Waals surface area contributed by atoms with Crippen molar-refractivity contribution >= 4 is 6.04 Å². The minimum Gasteiger partial charge on any atom is -0.255 e. The zero-order chi connectivity index (χ0) is 8.43. The average Bonchev–Trinajstić information content (AvgIpc) is 1.94. The summed E-state index contributed by atoms with van der Waals surface area (Å²) >= 11 is 0. The van der Waals surface area contributed by atoms with E-state index in [9.17, 15) is 9.18 Å². The molecule has 0 aliphatic heterocycles. The number of carbonyl (C=O) groups is 1. The van der Waals surface area contributed by atoms with Gasteiger partial charge >= 0.3 is 6.04 Å². The Morgan fingerprint density at radius 2 is 2.09 bits per heavy atom. The molecule has 0 radical (unpaired) electrons. The number of halogens is 1. The summed E-state index contributed by atoms with van der Waals surface area (Å²) in [6, 6.07) is -1.30. The fourth-order valence-electron chi connectivity index (χ4n) is 1.19. The van der Waals surface area contributed by atoms with E-state index in [0.717, 1.165) is 24.0 Å². The molecule has 0 amide bonds. The molecule has 0 heterocycles. The lowest BCUT2D eigenvalue weighted by atomic mass is 9.94. The summed E-state index contributed by atoms with van der Waals surface area (Å²) in [5, 5.41) is 0. The molecule has 0 fully saturated rings. The molecule has 0 aromatic rings. The number of hydrogen-bond acceptors (Lipinski definition) is 1. The molecule has 1 nitrogen and oxygen atoms in total. The van der Waals surface area contributed by atoms with Crippen LogP contribution < -0.4 is 0 Å². The smallest absolute Gasteiger partial charge is 0.255 e. The van der Waals surface area contributed by atoms with Gasteiger partial charge in [-0.2, -0.15) is 4.39 Å². The lowest BCUT2D eigenvalue weighted by Gasteiger charge is -2.11. The van der Waals surface area contributed by atoms with Crippen LogP contribution in [0.4, 0.5) is 4.39 Å². The van der Waals surface area contributed by atoms with E-state index in [1.54, 1.807) is 13.0 Å². The highest BCUT2D eigenvalue weighted by Crippen LogP contribution is 2.23. The molecule has 0 aromatic heterocycles. The maximum absolute atomic E-state index is 12.3. The molecule has 1 aliphatic rings. The number of hydrogen-bond donors (Lipinski definition) is 0. The van der Waals surface area contributed by atoms with E-state index >= 15 is 0 Å². The van der Waals surface area contributed by atoms with Gasteiger partial charge in [0.25, 0.3) is 0 Å². The Bertz CT molecular complexity index is 248. The van der Waals surface area contributed by atoms with Gasteiger partial charge in [0.05, 0.1) is 5.57 Å². The number of allylic oxidation sites excluding steroid dienone is 4. The fraction of sp³-hybridized carbons (Fsp3) is 0.444. The van der Waals surface area contributed by atoms with Gasteiger partial charge < -0.3 is 0 Å². The predicted octanol–water partition coefficient (Wildman–Crippen LogP) is 2.54. The van der Waals surface area contributed by atoms with Crippen molar-refractivity contribution in [3.63, 3.8) is 0 Å². The average molecular weight is 154 g/mol. The van der Waals surface area contributed by atoms with Crippen LogP contribution in [-0.4, -0.2) is 6.04 Å². The third-order valence-electron chi connectivity index (χ3n) is 1.96. The van der Waals surface area contributed by atoms with E-state index in [1.807, 2.05) is 6.92 Å². The van der Waals surface area contributed by atoms with E-state index in [-0.39, 0.29) is 5.57 Å². The highest BCUT2D eigenvalue weighted by molar-refractivity contribution is 5.91. The molecule has 0 N–H and O–H groups in total. The Morgan fingerprint density at radius 3 is 2.55 bits per heavy atom. The van der Waals surface area contributed by atoms with Crippen molar-refractivity contribution in [1.29, 1.82) is 0 Å². The van der Waals surface area contributed by atoms with E-state index in [2.05, 4.69) is 0 Å². The van der Waals surface area contributed by atoms with Crippen molar-refractivity contribution in [1.82, 2.24) is 0 Å². The Kier molecular flexibility index (Phi) is 2.22. The molecule has 1 rings (SSSR count). The monoisotopic (exact) mass is 154 g/mol. The van der Waals surface area contributed by atoms with Crippen LogP contribution in [0.2, 0.25) is 0 Å². The third-order valence-corrected chi connectivity index (χ3v) is 1.96. The van der Waals surface area contributed by atoms with Gasteiger partial charge in [-0.15, -0.1) is 0 Å². The quantitative estimate of drug-likeness (QED) is 0.530. The van der Waals surface area contributed by atoms with Crippen molar-refractivity contribution in [3.8, 4) is 0 Å². The van der Waals surface area contributed by atoms with Gasteiger partial charge in [0.1, 0.15) is 0 Å². The number of rotatable bonds is 1. The molecule has 0 spiro atoms. The fourth-order valence-corrected chi connectivity index (χ4v) is 1.19. The Morgan fingerprint density at radius 1 is 1.45 bits per heavy atom. The normalized spacial score (nSPS) is 18.3. The maximum Gasteiger partial charge on any atom is 0.332 e. The van der Waals surface area contributed by atoms with Gasteiger partial charge in [-0.05, 0) is 32.8 Å². The summed E-state index contributed by atoms with van der Waals surface area (Å²) in [4.78, 5) is 10.4. The molecule has 0 saturated carbocycles. The SMILES string of the molecule is CC1=CC(C(=O)F)=C(C)CC1. The van der Waals surface area contributed by atoms with Crippen LogP contribution in [0.15, 0.2) is 22.8 Å². The minimum absolute atomic E-state index is 0.258. The van der Waals surface area contributed by atoms with Crippen LogP contribution in [0.5, 0.6) is 0 Å². The van der Waals surface area contributed by atoms with Crippen LogP contribution >= 0.6 is 0 Å². The van der Waals surface area contributed by atoms with Gasteiger partial charge in [-0.3, -0.25) is 4.79 Å². The van der Waals surface area contributed by atoms with E-state index in [1.165, 1.54) is 0 Å². The van der Waals surface area contributed by atoms with Gasteiger partial charge in [-0.25, -0.2) is 0 Å². The lowest BCUT2D eigenvalue weighted by molar-refractivity contribution is -0.124. The van der Waals surface area contributed by atoms with Crippen molar-refractivity contribution in [3.05, 3.63) is 22.8 Å². The van der Waals surface area contributed by atoms with Gasteiger partial charge in [0.15, 0.2) is 0 Å². The molecule has 2 heteroatoms. The molecule has 0 atom stereocenters. The first kappa shape index (κ1) is 8.18. The number of carbonyl (C=O) groups excluding carboxylic acids is 1. The van der Waals surface area contributed by atoms with Crippen molar-refractivity contribution in [2.24, 2.45) is 0 Å². The second-order valence-electron chi connectivity index (χ2n) is 2.96. The largest absolute Gasteiger partial charge is 0.332 e. The summed E-state index contributed by atoms with van der Waals surface area (Å²) in [6.07, 6.45) is 3.40. The van der Waals surface area contributed by atoms with E-state index in [4.69, 9.17) is 0 Å². The topological polar surface area (TPSA) is 17.1 Å². The van der Waals surface area contributed by atoms with Crippen molar-refractivity contribution in [2.45, 2.75) is 26.7 Å². The van der Waals surface area contributed by atoms with Crippen molar-refractivity contribution in [2.75, 3.05) is 0 Å². The molecular formula is C9H11FO. The predicted molar refractivity (Wildman–Crippen MR) is 41.8 cm³/mol. The van der Waals surface area contributed by atoms with Crippen LogP contribution in [0.25, 0.3) is 0 Å². The Balaban J connectivity index is 2.98. The molecule has 1 aliphatic carbocycles. The summed E-state index contributed by atoms with van der Waals surface area (Å²) in [7, 11) is 0. The van der Waals surface area contributed by atoms with Gasteiger partial charge in [0, 0.05) is 0 Å². The lowest BCUT2D eigenvalue weighted by Crippen LogP contribution is -2.01. The summed E-state index contributed by atoms with van der Waals surface area (Å²) < 4.78 is 12.3. The van der Waals surface area contributed by atoms with Crippen molar-refractivity contribution < 1.29 is 9.18 Å². The summed E-state index contributed by atoms with van der Waals surface area (Å²) in [5.41, 5.74) is 2.20. The molecule has 0 bridgehead atoms. The standard InChI is InChI=1S/C9H11FO/c1-6-3-4-7(2)8(5-6)9(10)11/h5H,3-4H2,1-2H3. The third kappa shape index (κ3) is 1.76. The summed E-state index contributed by atoms with van der Waals surface area (Å²) in [5.74, 6) is 0. The first-order valence-corrected chi connectivity index (χ1v) is 3.68. The second kappa shape index (κ2) is 2.99. The Labute approximate surface area is 65.6 Å². The second-order valence-corrected chi connectivity index (χ2v) is 2.96. The van der Waals surface area contributed by atoms with Gasteiger partial charge in [-0.1, -0.05) is 11.1 Å². The molecule has 0 saturated heterocycles. The molecule has 11 heavy (non-hydrogen) atoms. The molecule has 0 aromatic carbocycles. The highest BCUT2D eigenvalue weighted by Gasteiger charge is 2.13. The zero-order valence-corrected chi connectivity index (χ0v) is 6.78. The molecular weight excluding hydrogens is 143 g/mol. The first-order valence-electron chi connectivity index (χ1n) is 3.68. The first-order chi connectivity index (χ1) is 5.11. The minimum atomic E-state index is -1.30. The Hall–Kier alpha value is -0.920. The molecule has 0 unspecified atom stereocenters. The van der Waals surface area contributed by atoms with Crippen LogP contribution in [-0.2, 0) is 4.79 Å². The van der Waals surface area contributed by atoms with Crippen LogP contribution in [0.3, 0.4) is 0 Å². The van der Waals surface area contributed by atoms with Crippen LogP contribution in [0, 0.1) is 0 Å². The highest BCUT2D eigenvalue weighted by atomic mass is 19.1. The molecule has 60 valence electrons. The van der Waals surface area contributed by atoms with E-state index in [0.29, 0.717) is 0 Å². The van der Waals surface area contributed by atoms with Crippen LogP contribution in [0.1, 0.15) is 26.7 Å². The maximum atomic E-state index is 12.3.